The normalized spacial score (nSPS) is 20.2. The number of nitrogens with zero attached hydrogens (tertiary/aromatic N) is 1. The Morgan fingerprint density at radius 1 is 0.439 bits per heavy atom. The van der Waals surface area contributed by atoms with Crippen LogP contribution < -0.4 is 0 Å². The van der Waals surface area contributed by atoms with Crippen LogP contribution in [0.25, 0.3) is 44.2 Å². The molecular weight excluding hydrogens is 687 g/mol. The Balaban J connectivity index is 1.05. The predicted octanol–water partition coefficient (Wildman–Crippen LogP) is 13.5. The van der Waals surface area contributed by atoms with Crippen LogP contribution in [0.3, 0.4) is 0 Å². The van der Waals surface area contributed by atoms with Crippen LogP contribution in [0, 0.1) is 5.92 Å². The molecule has 0 radical (unpaired) electrons. The molecular formula is C56H39N. The zero-order chi connectivity index (χ0) is 37.6. The van der Waals surface area contributed by atoms with Crippen LogP contribution in [0.2, 0.25) is 0 Å². The van der Waals surface area contributed by atoms with Crippen molar-refractivity contribution in [2.24, 2.45) is 5.92 Å². The van der Waals surface area contributed by atoms with Crippen LogP contribution in [0.5, 0.6) is 0 Å². The van der Waals surface area contributed by atoms with Gasteiger partial charge in [0.2, 0.25) is 0 Å². The quantitative estimate of drug-likeness (QED) is 0.166. The number of allylic oxidation sites excluding steroid dienone is 4. The largest absolute Gasteiger partial charge is 0.309 e. The molecule has 268 valence electrons. The SMILES string of the molecule is C1=CCC2C(=C1)c1cccc3c1C2(c1ccccc1)c1ccccc1C3(c1ccccc1)c1ccc(-c2ccc(-n3c4ccccc4c4ccccc43)cc2)cc1. The first-order chi connectivity index (χ1) is 28.3. The second kappa shape index (κ2) is 12.3. The molecule has 0 bridgehead atoms. The Kier molecular flexibility index (Phi) is 6.95. The van der Waals surface area contributed by atoms with Crippen LogP contribution in [0.4, 0.5) is 0 Å². The van der Waals surface area contributed by atoms with E-state index in [9.17, 15) is 0 Å². The van der Waals surface area contributed by atoms with E-state index in [1.54, 1.807) is 0 Å². The number of hydrogen-bond donors (Lipinski definition) is 0. The lowest BCUT2D eigenvalue weighted by molar-refractivity contribution is 0.454. The van der Waals surface area contributed by atoms with Crippen molar-refractivity contribution < 1.29 is 0 Å². The minimum atomic E-state index is -0.526. The lowest BCUT2D eigenvalue weighted by atomic mass is 9.50. The molecule has 0 aliphatic heterocycles. The highest BCUT2D eigenvalue weighted by Gasteiger charge is 2.60. The molecule has 9 aromatic rings. The molecule has 0 N–H and O–H groups in total. The zero-order valence-electron chi connectivity index (χ0n) is 31.5. The van der Waals surface area contributed by atoms with Crippen LogP contribution >= 0.6 is 0 Å². The third-order valence-corrected chi connectivity index (χ3v) is 13.4. The Labute approximate surface area is 333 Å². The molecule has 1 heteroatoms. The number of hydrogen-bond acceptors (Lipinski definition) is 0. The Morgan fingerprint density at radius 3 is 1.67 bits per heavy atom. The van der Waals surface area contributed by atoms with Crippen LogP contribution in [0.15, 0.2) is 218 Å². The van der Waals surface area contributed by atoms with Gasteiger partial charge in [0.25, 0.3) is 0 Å². The fourth-order valence-electron chi connectivity index (χ4n) is 11.2. The summed E-state index contributed by atoms with van der Waals surface area (Å²) >= 11 is 0. The van der Waals surface area contributed by atoms with Crippen molar-refractivity contribution >= 4 is 27.4 Å². The summed E-state index contributed by atoms with van der Waals surface area (Å²) in [6.07, 6.45) is 8.04. The molecule has 3 unspecified atom stereocenters. The first-order valence-corrected chi connectivity index (χ1v) is 20.2. The Bertz CT molecular complexity index is 3020. The highest BCUT2D eigenvalue weighted by Crippen LogP contribution is 2.67. The fraction of sp³-hybridized carbons (Fsp3) is 0.0714. The van der Waals surface area contributed by atoms with E-state index >= 15 is 0 Å². The Hall–Kier alpha value is -6.96. The van der Waals surface area contributed by atoms with Crippen molar-refractivity contribution in [3.05, 3.63) is 263 Å². The number of aromatic nitrogens is 1. The maximum absolute atomic E-state index is 2.44. The smallest absolute Gasteiger partial charge is 0.0708 e. The van der Waals surface area contributed by atoms with E-state index in [0.717, 1.165) is 6.42 Å². The summed E-state index contributed by atoms with van der Waals surface area (Å²) in [4.78, 5) is 0. The van der Waals surface area contributed by atoms with E-state index in [-0.39, 0.29) is 5.41 Å². The minimum Gasteiger partial charge on any atom is -0.309 e. The molecule has 1 aromatic heterocycles. The summed E-state index contributed by atoms with van der Waals surface area (Å²) in [7, 11) is 0. The fourth-order valence-corrected chi connectivity index (χ4v) is 11.2. The molecule has 0 saturated heterocycles. The topological polar surface area (TPSA) is 4.93 Å². The van der Waals surface area contributed by atoms with E-state index in [4.69, 9.17) is 0 Å². The molecule has 12 rings (SSSR count). The maximum Gasteiger partial charge on any atom is 0.0708 e. The summed E-state index contributed by atoms with van der Waals surface area (Å²) in [6, 6.07) is 75.1. The number of fused-ring (bicyclic) bond motifs is 8. The molecule has 3 aliphatic carbocycles. The molecule has 8 aromatic carbocycles. The van der Waals surface area contributed by atoms with Crippen molar-refractivity contribution in [1.29, 1.82) is 0 Å². The van der Waals surface area contributed by atoms with Crippen molar-refractivity contribution in [3.63, 3.8) is 0 Å². The summed E-state index contributed by atoms with van der Waals surface area (Å²) < 4.78 is 2.39. The van der Waals surface area contributed by atoms with E-state index < -0.39 is 5.41 Å². The molecule has 1 heterocycles. The van der Waals surface area contributed by atoms with Gasteiger partial charge in [-0.25, -0.2) is 0 Å². The summed E-state index contributed by atoms with van der Waals surface area (Å²) in [6.45, 7) is 0. The number of rotatable bonds is 5. The van der Waals surface area contributed by atoms with Crippen molar-refractivity contribution in [2.45, 2.75) is 17.3 Å². The van der Waals surface area contributed by atoms with Gasteiger partial charge >= 0.3 is 0 Å². The van der Waals surface area contributed by atoms with Gasteiger partial charge in [-0.15, -0.1) is 0 Å². The van der Waals surface area contributed by atoms with Crippen LogP contribution in [0.1, 0.15) is 50.9 Å². The average Bonchev–Trinajstić information content (AvgIpc) is 3.79. The molecule has 57 heavy (non-hydrogen) atoms. The van der Waals surface area contributed by atoms with Gasteiger partial charge in [-0.3, -0.25) is 0 Å². The highest BCUT2D eigenvalue weighted by atomic mass is 15.0. The molecule has 0 saturated carbocycles. The second-order valence-electron chi connectivity index (χ2n) is 15.9. The molecule has 0 spiro atoms. The van der Waals surface area contributed by atoms with Gasteiger partial charge in [0.1, 0.15) is 0 Å². The van der Waals surface area contributed by atoms with Gasteiger partial charge in [-0.05, 0) is 91.9 Å². The monoisotopic (exact) mass is 725 g/mol. The van der Waals surface area contributed by atoms with Gasteiger partial charge < -0.3 is 4.57 Å². The van der Waals surface area contributed by atoms with Crippen molar-refractivity contribution in [2.75, 3.05) is 0 Å². The second-order valence-corrected chi connectivity index (χ2v) is 15.9. The average molecular weight is 726 g/mol. The first-order valence-electron chi connectivity index (χ1n) is 20.2. The van der Waals surface area contributed by atoms with E-state index in [1.807, 2.05) is 0 Å². The standard InChI is InChI=1S/C56H39N/c1-3-16-40(17-4-1)55(42-34-30-38(31-35-42)39-32-36-43(37-33-39)57-52-28-13-8-21-45(52)46-22-9-14-29-53(46)57)49-25-11-12-26-50(49)56(41-18-5-2-6-19-41)48-24-10-7-20-44(48)47-23-15-27-51(55)54(47)56/h1-23,25-37,48H,24H2. The van der Waals surface area contributed by atoms with E-state index in [2.05, 4.69) is 223 Å². The molecule has 3 atom stereocenters. The zero-order valence-corrected chi connectivity index (χ0v) is 31.5. The molecule has 0 fully saturated rings. The predicted molar refractivity (Wildman–Crippen MR) is 236 cm³/mol. The van der Waals surface area contributed by atoms with Gasteiger partial charge in [0.05, 0.1) is 21.9 Å². The van der Waals surface area contributed by atoms with E-state index in [1.165, 1.54) is 88.7 Å². The Morgan fingerprint density at radius 2 is 0.982 bits per heavy atom. The van der Waals surface area contributed by atoms with Gasteiger partial charge in [-0.1, -0.05) is 194 Å². The third-order valence-electron chi connectivity index (χ3n) is 13.4. The summed E-state index contributed by atoms with van der Waals surface area (Å²) in [5.74, 6) is 0.309. The lowest BCUT2D eigenvalue weighted by Gasteiger charge is -2.51. The number of para-hydroxylation sites is 2. The van der Waals surface area contributed by atoms with Gasteiger partial charge in [0, 0.05) is 22.4 Å². The van der Waals surface area contributed by atoms with Crippen LogP contribution in [-0.2, 0) is 10.8 Å². The number of benzene rings is 8. The van der Waals surface area contributed by atoms with Crippen molar-refractivity contribution in [1.82, 2.24) is 4.57 Å². The summed E-state index contributed by atoms with van der Waals surface area (Å²) in [5.41, 5.74) is 17.6. The molecule has 3 aliphatic rings. The van der Waals surface area contributed by atoms with Gasteiger partial charge in [-0.2, -0.15) is 0 Å². The lowest BCUT2D eigenvalue weighted by Crippen LogP contribution is -2.46. The molecule has 1 nitrogen and oxygen atoms in total. The maximum atomic E-state index is 2.44. The molecule has 0 amide bonds. The highest BCUT2D eigenvalue weighted by molar-refractivity contribution is 6.09. The van der Waals surface area contributed by atoms with Crippen molar-refractivity contribution in [3.8, 4) is 16.8 Å². The summed E-state index contributed by atoms with van der Waals surface area (Å²) in [5, 5.41) is 2.56. The minimum absolute atomic E-state index is 0.309. The van der Waals surface area contributed by atoms with E-state index in [0.29, 0.717) is 5.92 Å². The van der Waals surface area contributed by atoms with Crippen LogP contribution in [-0.4, -0.2) is 4.57 Å². The first kappa shape index (κ1) is 32.3. The third kappa shape index (κ3) is 4.29. The van der Waals surface area contributed by atoms with Gasteiger partial charge in [0.15, 0.2) is 0 Å².